The van der Waals surface area contributed by atoms with Crippen molar-refractivity contribution in [1.82, 2.24) is 25.8 Å². The van der Waals surface area contributed by atoms with Crippen molar-refractivity contribution in [3.63, 3.8) is 0 Å². The number of nitrogens with zero attached hydrogens (tertiary/aromatic N) is 4. The molecular formula is C38H41F5N6O9S. The highest BCUT2D eigenvalue weighted by Crippen LogP contribution is 2.41. The molecule has 0 bridgehead atoms. The van der Waals surface area contributed by atoms with Crippen LogP contribution in [0.15, 0.2) is 70.1 Å². The van der Waals surface area contributed by atoms with Gasteiger partial charge in [-0.3, -0.25) is 15.1 Å². The first-order chi connectivity index (χ1) is 27.0. The normalized spacial score (nSPS) is 16.9. The molecule has 2 atom stereocenters. The first kappa shape index (κ1) is 44.2. The van der Waals surface area contributed by atoms with Crippen LogP contribution < -0.4 is 20.3 Å². The van der Waals surface area contributed by atoms with Crippen LogP contribution in [0.25, 0.3) is 22.7 Å². The summed E-state index contributed by atoms with van der Waals surface area (Å²) in [5.41, 5.74) is -4.37. The van der Waals surface area contributed by atoms with E-state index in [-0.39, 0.29) is 28.4 Å². The van der Waals surface area contributed by atoms with Crippen LogP contribution >= 0.6 is 0 Å². The van der Waals surface area contributed by atoms with Crippen LogP contribution in [0.2, 0.25) is 0 Å². The number of benzene rings is 2. The fraction of sp³-hybridized carbons (Fsp3) is 0.421. The number of pyridine rings is 1. The summed E-state index contributed by atoms with van der Waals surface area (Å²) in [5, 5.41) is 11.4. The molecule has 21 heteroatoms. The third-order valence-electron chi connectivity index (χ3n) is 8.27. The zero-order valence-corrected chi connectivity index (χ0v) is 33.8. The molecule has 1 aliphatic rings. The van der Waals surface area contributed by atoms with Gasteiger partial charge in [0.2, 0.25) is 11.4 Å². The summed E-state index contributed by atoms with van der Waals surface area (Å²) in [6.07, 6.45) is -9.96. The van der Waals surface area contributed by atoms with Gasteiger partial charge in [0.1, 0.15) is 23.0 Å². The Kier molecular flexibility index (Phi) is 11.8. The highest BCUT2D eigenvalue weighted by Gasteiger charge is 2.58. The quantitative estimate of drug-likeness (QED) is 0.160. The highest BCUT2D eigenvalue weighted by atomic mass is 32.2. The molecule has 2 aromatic heterocycles. The van der Waals surface area contributed by atoms with Gasteiger partial charge in [0.05, 0.1) is 34.8 Å². The van der Waals surface area contributed by atoms with Crippen molar-refractivity contribution < 1.29 is 63.4 Å². The largest absolute Gasteiger partial charge is 0.444 e. The molecule has 5 rings (SSSR count). The molecule has 0 saturated heterocycles. The van der Waals surface area contributed by atoms with Gasteiger partial charge in [0.15, 0.2) is 9.84 Å². The predicted molar refractivity (Wildman–Crippen MR) is 200 cm³/mol. The number of alkyl carbamates (subject to hydrolysis) is 2. The number of amides is 3. The number of hydrogen-bond donors (Lipinski definition) is 2. The molecule has 1 aliphatic heterocycles. The van der Waals surface area contributed by atoms with Crippen LogP contribution in [0.5, 0.6) is 5.75 Å². The molecular weight excluding hydrogens is 812 g/mol. The molecule has 3 amide bonds. The van der Waals surface area contributed by atoms with Crippen molar-refractivity contribution in [3.8, 4) is 28.5 Å². The number of carbonyl (C=O) groups excluding carboxylic acids is 3. The lowest BCUT2D eigenvalue weighted by atomic mass is 10.0. The maximum Gasteiger partial charge on any atom is 0.420 e. The molecule has 2 N–H and O–H groups in total. The number of rotatable bonds is 9. The summed E-state index contributed by atoms with van der Waals surface area (Å²) >= 11 is 0. The first-order valence-electron chi connectivity index (χ1n) is 17.8. The predicted octanol–water partition coefficient (Wildman–Crippen LogP) is 7.31. The SMILES string of the molecule is CC(C)(C)OC(=O)N[C@H]1CS(=O)(=O)c2ccc(-c3nnc([C@@](C)(NC(=O)OC(C)(C)C)C(F)(F)F)o3)cc2N(Cc2ccc(-c3ccc(OC(C)(F)F)cn3)cc2)C1=O. The molecule has 59 heavy (non-hydrogen) atoms. The number of ether oxygens (including phenoxy) is 3. The molecule has 2 aromatic carbocycles. The van der Waals surface area contributed by atoms with Crippen LogP contribution in [0.3, 0.4) is 0 Å². The minimum atomic E-state index is -5.18. The average Bonchev–Trinajstić information content (AvgIpc) is 3.56. The molecule has 0 saturated carbocycles. The first-order valence-corrected chi connectivity index (χ1v) is 19.4. The Bertz CT molecular complexity index is 2320. The summed E-state index contributed by atoms with van der Waals surface area (Å²) < 4.78 is 118. The lowest BCUT2D eigenvalue weighted by Gasteiger charge is -2.30. The third kappa shape index (κ3) is 10.8. The molecule has 318 valence electrons. The minimum Gasteiger partial charge on any atom is -0.444 e. The second-order valence-electron chi connectivity index (χ2n) is 15.7. The van der Waals surface area contributed by atoms with Crippen LogP contribution in [0, 0.1) is 0 Å². The van der Waals surface area contributed by atoms with Crippen LogP contribution in [0.4, 0.5) is 37.2 Å². The third-order valence-corrected chi connectivity index (χ3v) is 10.1. The zero-order valence-electron chi connectivity index (χ0n) is 33.0. The summed E-state index contributed by atoms with van der Waals surface area (Å²) in [6, 6.07) is 11.0. The van der Waals surface area contributed by atoms with Gasteiger partial charge < -0.3 is 28.8 Å². The van der Waals surface area contributed by atoms with Crippen LogP contribution in [-0.2, 0) is 36.2 Å². The Balaban J connectivity index is 1.54. The minimum absolute atomic E-state index is 0.106. The number of aromatic nitrogens is 3. The molecule has 4 aromatic rings. The van der Waals surface area contributed by atoms with E-state index in [0.717, 1.165) is 23.2 Å². The number of anilines is 1. The second kappa shape index (κ2) is 15.7. The molecule has 0 fully saturated rings. The number of fused-ring (bicyclic) bond motifs is 1. The Hall–Kier alpha value is -5.86. The van der Waals surface area contributed by atoms with E-state index in [0.29, 0.717) is 30.7 Å². The summed E-state index contributed by atoms with van der Waals surface area (Å²) in [7, 11) is -4.37. The van der Waals surface area contributed by atoms with E-state index in [4.69, 9.17) is 13.9 Å². The Morgan fingerprint density at radius 1 is 0.847 bits per heavy atom. The molecule has 0 spiro atoms. The number of hydrogen-bond acceptors (Lipinski definition) is 12. The number of sulfone groups is 1. The average molecular weight is 853 g/mol. The lowest BCUT2D eigenvalue weighted by Crippen LogP contribution is -2.55. The van der Waals surface area contributed by atoms with Gasteiger partial charge in [-0.1, -0.05) is 24.3 Å². The van der Waals surface area contributed by atoms with E-state index in [1.54, 1.807) is 50.4 Å². The smallest absolute Gasteiger partial charge is 0.420 e. The standard InChI is InChI=1S/C38H41F5N6O9S/c1-34(2,3)57-32(51)45-26-20-59(53,54)28-16-13-23(29-47-48-31(55-29)36(7,38(41,42)43)46-33(52)58-35(4,5)6)17-27(28)49(30(26)50)19-21-9-11-22(12-10-21)25-15-14-24(18-44-25)56-37(8,39)40/h9-18,26H,19-20H2,1-8H3,(H,45,51)(H,46,52)/t26-,36+/m0/s1. The van der Waals surface area contributed by atoms with Gasteiger partial charge in [-0.05, 0) is 84.4 Å². The fourth-order valence-electron chi connectivity index (χ4n) is 5.61. The van der Waals surface area contributed by atoms with Gasteiger partial charge in [0.25, 0.3) is 11.8 Å². The number of halogens is 5. The van der Waals surface area contributed by atoms with Crippen molar-refractivity contribution in [2.75, 3.05) is 10.7 Å². The number of nitrogens with one attached hydrogen (secondary N) is 2. The van der Waals surface area contributed by atoms with E-state index >= 15 is 0 Å². The van der Waals surface area contributed by atoms with Gasteiger partial charge in [0, 0.05) is 18.1 Å². The number of alkyl halides is 5. The highest BCUT2D eigenvalue weighted by molar-refractivity contribution is 7.91. The van der Waals surface area contributed by atoms with Gasteiger partial charge in [-0.25, -0.2) is 18.0 Å². The van der Waals surface area contributed by atoms with Gasteiger partial charge in [-0.2, -0.15) is 22.0 Å². The Labute approximate surface area is 335 Å². The molecule has 0 radical (unpaired) electrons. The molecule has 0 unspecified atom stereocenters. The van der Waals surface area contributed by atoms with Crippen LogP contribution in [-0.4, -0.2) is 77.0 Å². The van der Waals surface area contributed by atoms with Crippen molar-refractivity contribution in [3.05, 3.63) is 72.2 Å². The van der Waals surface area contributed by atoms with E-state index in [1.165, 1.54) is 39.0 Å². The van der Waals surface area contributed by atoms with E-state index in [2.05, 4.69) is 25.2 Å². The van der Waals surface area contributed by atoms with Crippen molar-refractivity contribution in [1.29, 1.82) is 0 Å². The Morgan fingerprint density at radius 3 is 2.02 bits per heavy atom. The van der Waals surface area contributed by atoms with Crippen molar-refractivity contribution in [2.24, 2.45) is 0 Å². The topological polar surface area (TPSA) is 192 Å². The van der Waals surface area contributed by atoms with Gasteiger partial charge in [-0.15, -0.1) is 10.2 Å². The van der Waals surface area contributed by atoms with Crippen molar-refractivity contribution in [2.45, 2.75) is 102 Å². The van der Waals surface area contributed by atoms with Crippen molar-refractivity contribution >= 4 is 33.6 Å². The summed E-state index contributed by atoms with van der Waals surface area (Å²) in [4.78, 5) is 44.5. The molecule has 0 aliphatic carbocycles. The van der Waals surface area contributed by atoms with Gasteiger partial charge >= 0.3 is 24.5 Å². The number of carbonyl (C=O) groups is 3. The molecule has 3 heterocycles. The Morgan fingerprint density at radius 2 is 1.46 bits per heavy atom. The van der Waals surface area contributed by atoms with E-state index in [1.807, 2.05) is 0 Å². The zero-order chi connectivity index (χ0) is 43.9. The van der Waals surface area contributed by atoms with Crippen LogP contribution in [0.1, 0.15) is 66.8 Å². The van der Waals surface area contributed by atoms with E-state index in [9.17, 15) is 44.8 Å². The molecule has 15 nitrogen and oxygen atoms in total. The second-order valence-corrected chi connectivity index (χ2v) is 17.7. The lowest BCUT2D eigenvalue weighted by molar-refractivity contribution is -0.199. The summed E-state index contributed by atoms with van der Waals surface area (Å²) in [5.74, 6) is -3.54. The maximum atomic E-state index is 14.5. The monoisotopic (exact) mass is 852 g/mol. The fourth-order valence-corrected chi connectivity index (χ4v) is 7.21. The summed E-state index contributed by atoms with van der Waals surface area (Å²) in [6.45, 7) is 9.95. The maximum absolute atomic E-state index is 14.5. The van der Waals surface area contributed by atoms with E-state index < -0.39 is 80.5 Å².